The molecule has 2 heterocycles. The minimum Gasteiger partial charge on any atom is -0.504 e. The van der Waals surface area contributed by atoms with Crippen molar-refractivity contribution in [2.75, 3.05) is 45.3 Å². The van der Waals surface area contributed by atoms with E-state index in [1.807, 2.05) is 12.1 Å². The molecule has 4 rings (SSSR count). The third-order valence-corrected chi connectivity index (χ3v) is 5.87. The van der Waals surface area contributed by atoms with Crippen LogP contribution >= 0.6 is 12.2 Å². The van der Waals surface area contributed by atoms with Crippen LogP contribution in [0.15, 0.2) is 36.7 Å². The molecule has 3 N–H and O–H groups in total. The second kappa shape index (κ2) is 9.31. The number of aromatic hydroxyl groups is 2. The fourth-order valence-electron chi connectivity index (χ4n) is 3.71. The Morgan fingerprint density at radius 2 is 1.72 bits per heavy atom. The quantitative estimate of drug-likeness (QED) is 0.392. The Labute approximate surface area is 191 Å². The van der Waals surface area contributed by atoms with Crippen molar-refractivity contribution in [3.05, 3.63) is 42.2 Å². The number of anilines is 1. The van der Waals surface area contributed by atoms with E-state index in [4.69, 9.17) is 21.7 Å². The lowest BCUT2D eigenvalue weighted by molar-refractivity contribution is 0.355. The number of phenolic OH excluding ortho intramolecular Hbond substituents is 2. The lowest BCUT2D eigenvalue weighted by atomic mass is 10.2. The van der Waals surface area contributed by atoms with Crippen molar-refractivity contribution in [3.63, 3.8) is 0 Å². The average molecular weight is 456 g/mol. The number of fused-ring (bicyclic) bond motifs is 1. The molecule has 3 aromatic rings. The number of piperazine rings is 1. The highest BCUT2D eigenvalue weighted by Crippen LogP contribution is 2.35. The molecule has 1 fully saturated rings. The fraction of sp³-hybridized carbons (Fsp3) is 0.318. The molecule has 0 amide bonds. The third kappa shape index (κ3) is 4.40. The zero-order valence-electron chi connectivity index (χ0n) is 17.9. The summed E-state index contributed by atoms with van der Waals surface area (Å²) in [5, 5.41) is 23.8. The number of ether oxygens (including phenoxy) is 2. The molecule has 32 heavy (non-hydrogen) atoms. The number of thiocarbonyl (C=S) groups is 1. The first-order valence-electron chi connectivity index (χ1n) is 10.2. The zero-order chi connectivity index (χ0) is 22.7. The Bertz CT molecular complexity index is 1130. The number of nitrogens with one attached hydrogen (secondary N) is 1. The molecule has 0 atom stereocenters. The Kier molecular flexibility index (Phi) is 6.31. The molecule has 0 spiro atoms. The largest absolute Gasteiger partial charge is 0.504 e. The molecule has 1 saturated heterocycles. The Balaban J connectivity index is 1.41. The van der Waals surface area contributed by atoms with Crippen LogP contribution in [0.3, 0.4) is 0 Å². The van der Waals surface area contributed by atoms with Gasteiger partial charge >= 0.3 is 0 Å². The van der Waals surface area contributed by atoms with Gasteiger partial charge in [0.15, 0.2) is 28.1 Å². The highest BCUT2D eigenvalue weighted by Gasteiger charge is 2.22. The van der Waals surface area contributed by atoms with Crippen LogP contribution < -0.4 is 19.7 Å². The lowest BCUT2D eigenvalue weighted by Gasteiger charge is -2.37. The van der Waals surface area contributed by atoms with Gasteiger partial charge in [0.05, 0.1) is 19.7 Å². The summed E-state index contributed by atoms with van der Waals surface area (Å²) < 4.78 is 10.8. The van der Waals surface area contributed by atoms with E-state index in [9.17, 15) is 10.2 Å². The van der Waals surface area contributed by atoms with Gasteiger partial charge in [-0.3, -0.25) is 0 Å². The predicted molar refractivity (Wildman–Crippen MR) is 126 cm³/mol. The summed E-state index contributed by atoms with van der Waals surface area (Å²) in [6.07, 6.45) is 1.56. The highest BCUT2D eigenvalue weighted by atomic mass is 32.1. The number of aromatic nitrogens is 2. The number of hydrogen-bond acceptors (Lipinski definition) is 8. The minimum absolute atomic E-state index is 0.138. The van der Waals surface area contributed by atoms with Crippen molar-refractivity contribution in [2.45, 2.75) is 6.54 Å². The number of benzene rings is 2. The van der Waals surface area contributed by atoms with Crippen molar-refractivity contribution < 1.29 is 19.7 Å². The number of hydrogen-bond donors (Lipinski definition) is 3. The standard InChI is InChI=1S/C22H25N5O4S/c1-30-19-10-15-16(11-20(19)31-2)24-13-25-21(15)26-5-7-27(8-6-26)22(32)23-12-14-3-4-17(28)18(29)9-14/h3-4,9-11,13,28-29H,5-8,12H2,1-2H3,(H,23,32). The van der Waals surface area contributed by atoms with Crippen LogP contribution in [0, 0.1) is 0 Å². The summed E-state index contributed by atoms with van der Waals surface area (Å²) in [4.78, 5) is 13.2. The van der Waals surface area contributed by atoms with Crippen molar-refractivity contribution in [2.24, 2.45) is 0 Å². The maximum atomic E-state index is 9.64. The lowest BCUT2D eigenvalue weighted by Crippen LogP contribution is -2.51. The second-order valence-electron chi connectivity index (χ2n) is 7.38. The van der Waals surface area contributed by atoms with Crippen LogP contribution in [0.2, 0.25) is 0 Å². The van der Waals surface area contributed by atoms with Crippen LogP contribution in [0.1, 0.15) is 5.56 Å². The summed E-state index contributed by atoms with van der Waals surface area (Å²) >= 11 is 5.55. The van der Waals surface area contributed by atoms with Crippen molar-refractivity contribution in [1.29, 1.82) is 0 Å². The first-order chi connectivity index (χ1) is 15.5. The molecule has 2 aromatic carbocycles. The van der Waals surface area contributed by atoms with E-state index >= 15 is 0 Å². The number of rotatable bonds is 5. The van der Waals surface area contributed by atoms with Crippen molar-refractivity contribution >= 4 is 34.1 Å². The van der Waals surface area contributed by atoms with Gasteiger partial charge in [0.2, 0.25) is 0 Å². The molecule has 1 aliphatic rings. The number of nitrogens with zero attached hydrogens (tertiary/aromatic N) is 4. The van der Waals surface area contributed by atoms with Gasteiger partial charge in [-0.05, 0) is 36.0 Å². The smallest absolute Gasteiger partial charge is 0.169 e. The van der Waals surface area contributed by atoms with Crippen molar-refractivity contribution in [1.82, 2.24) is 20.2 Å². The van der Waals surface area contributed by atoms with E-state index in [1.54, 1.807) is 26.6 Å². The van der Waals surface area contributed by atoms with Gasteiger partial charge in [-0.2, -0.15) is 0 Å². The second-order valence-corrected chi connectivity index (χ2v) is 7.76. The summed E-state index contributed by atoms with van der Waals surface area (Å²) in [6.45, 7) is 3.45. The van der Waals surface area contributed by atoms with Crippen molar-refractivity contribution in [3.8, 4) is 23.0 Å². The minimum atomic E-state index is -0.143. The monoisotopic (exact) mass is 455 g/mol. The molecule has 1 aliphatic heterocycles. The van der Waals surface area contributed by atoms with Gasteiger partial charge in [0, 0.05) is 44.2 Å². The highest BCUT2D eigenvalue weighted by molar-refractivity contribution is 7.80. The Hall–Kier alpha value is -3.53. The molecular formula is C22H25N5O4S. The average Bonchev–Trinajstić information content (AvgIpc) is 2.83. The number of methoxy groups -OCH3 is 2. The molecule has 0 saturated carbocycles. The van der Waals surface area contributed by atoms with E-state index in [0.717, 1.165) is 48.5 Å². The molecule has 0 bridgehead atoms. The van der Waals surface area contributed by atoms with Gasteiger partial charge < -0.3 is 34.8 Å². The van der Waals surface area contributed by atoms with Crippen LogP contribution in [-0.2, 0) is 6.54 Å². The molecule has 1 aromatic heterocycles. The molecule has 0 unspecified atom stereocenters. The molecule has 9 nitrogen and oxygen atoms in total. The SMILES string of the molecule is COc1cc2ncnc(N3CCN(C(=S)NCc4ccc(O)c(O)c4)CC3)c2cc1OC. The Morgan fingerprint density at radius 1 is 1.00 bits per heavy atom. The maximum Gasteiger partial charge on any atom is 0.169 e. The van der Waals surface area contributed by atoms with Crippen LogP contribution in [0.25, 0.3) is 10.9 Å². The summed E-state index contributed by atoms with van der Waals surface area (Å²) in [7, 11) is 3.21. The molecular weight excluding hydrogens is 430 g/mol. The number of phenols is 2. The molecule has 0 radical (unpaired) electrons. The molecule has 0 aliphatic carbocycles. The van der Waals surface area contributed by atoms with Crippen LogP contribution in [0.5, 0.6) is 23.0 Å². The van der Waals surface area contributed by atoms with E-state index in [0.29, 0.717) is 23.2 Å². The van der Waals surface area contributed by atoms with Gasteiger partial charge in [0.1, 0.15) is 12.1 Å². The maximum absolute atomic E-state index is 9.64. The van der Waals surface area contributed by atoms with Gasteiger partial charge in [-0.25, -0.2) is 9.97 Å². The fourth-order valence-corrected chi connectivity index (χ4v) is 3.97. The third-order valence-electron chi connectivity index (χ3n) is 5.47. The first kappa shape index (κ1) is 21.7. The summed E-state index contributed by atoms with van der Waals surface area (Å²) in [6, 6.07) is 8.49. The van der Waals surface area contributed by atoms with Gasteiger partial charge in [0.25, 0.3) is 0 Å². The van der Waals surface area contributed by atoms with E-state index < -0.39 is 0 Å². The van der Waals surface area contributed by atoms with Crippen LogP contribution in [-0.4, -0.2) is 70.6 Å². The topological polar surface area (TPSA) is 103 Å². The first-order valence-corrected chi connectivity index (χ1v) is 10.6. The zero-order valence-corrected chi connectivity index (χ0v) is 18.7. The molecule has 10 heteroatoms. The van der Waals surface area contributed by atoms with Gasteiger partial charge in [-0.15, -0.1) is 0 Å². The summed E-state index contributed by atoms with van der Waals surface area (Å²) in [5.41, 5.74) is 1.63. The normalized spacial score (nSPS) is 13.8. The van der Waals surface area contributed by atoms with Crippen LogP contribution in [0.4, 0.5) is 5.82 Å². The summed E-state index contributed by atoms with van der Waals surface area (Å²) in [5.74, 6) is 1.85. The van der Waals surface area contributed by atoms with E-state index in [2.05, 4.69) is 25.1 Å². The predicted octanol–water partition coefficient (Wildman–Crippen LogP) is 2.25. The van der Waals surface area contributed by atoms with E-state index in [1.165, 1.54) is 12.1 Å². The Morgan fingerprint density at radius 3 is 2.41 bits per heavy atom. The molecule has 168 valence electrons. The van der Waals surface area contributed by atoms with Gasteiger partial charge in [-0.1, -0.05) is 6.07 Å². The van der Waals surface area contributed by atoms with E-state index in [-0.39, 0.29) is 11.5 Å².